The summed E-state index contributed by atoms with van der Waals surface area (Å²) in [7, 11) is 0. The Hall–Kier alpha value is -2.01. The smallest absolute Gasteiger partial charge is 0.226 e. The molecule has 112 valence electrons. The molecule has 2 aromatic rings. The fourth-order valence-electron chi connectivity index (χ4n) is 2.88. The summed E-state index contributed by atoms with van der Waals surface area (Å²) < 4.78 is 10.9. The van der Waals surface area contributed by atoms with Crippen molar-refractivity contribution in [1.29, 1.82) is 0 Å². The maximum atomic E-state index is 11.5. The maximum absolute atomic E-state index is 11.5. The Balaban J connectivity index is 1.81. The first-order valence-electron chi connectivity index (χ1n) is 7.21. The van der Waals surface area contributed by atoms with E-state index in [1.54, 1.807) is 6.26 Å². The monoisotopic (exact) mass is 289 g/mol. The molecule has 1 saturated heterocycles. The van der Waals surface area contributed by atoms with E-state index in [1.807, 2.05) is 12.1 Å². The summed E-state index contributed by atoms with van der Waals surface area (Å²) in [6.45, 7) is 3.71. The van der Waals surface area contributed by atoms with Crippen LogP contribution in [0.3, 0.4) is 0 Å². The van der Waals surface area contributed by atoms with Gasteiger partial charge in [0.2, 0.25) is 5.43 Å². The molecule has 0 radical (unpaired) electrons. The van der Waals surface area contributed by atoms with E-state index in [0.29, 0.717) is 18.2 Å². The molecular formula is C16H19NO4. The van der Waals surface area contributed by atoms with Crippen molar-refractivity contribution in [3.8, 4) is 5.75 Å². The molecule has 0 bridgehead atoms. The zero-order valence-electron chi connectivity index (χ0n) is 12.0. The molecule has 2 atom stereocenters. The SMILES string of the molecule is C[C@@H]1CCN(Cc2cc(=O)c(O)co2)[C@@H](c2ccco2)C1. The molecule has 0 aliphatic carbocycles. The van der Waals surface area contributed by atoms with Crippen molar-refractivity contribution in [3.63, 3.8) is 0 Å². The molecule has 1 aliphatic heterocycles. The molecule has 0 saturated carbocycles. The highest BCUT2D eigenvalue weighted by molar-refractivity contribution is 5.16. The van der Waals surface area contributed by atoms with E-state index in [-0.39, 0.29) is 11.8 Å². The van der Waals surface area contributed by atoms with E-state index in [2.05, 4.69) is 11.8 Å². The highest BCUT2D eigenvalue weighted by Crippen LogP contribution is 2.35. The number of aromatic hydroxyl groups is 1. The molecule has 3 heterocycles. The van der Waals surface area contributed by atoms with Gasteiger partial charge >= 0.3 is 0 Å². The quantitative estimate of drug-likeness (QED) is 0.941. The molecule has 0 aromatic carbocycles. The van der Waals surface area contributed by atoms with Gasteiger partial charge in [-0.15, -0.1) is 0 Å². The minimum Gasteiger partial charge on any atom is -0.502 e. The number of furan rings is 1. The summed E-state index contributed by atoms with van der Waals surface area (Å²) in [6.07, 6.45) is 4.93. The second kappa shape index (κ2) is 5.77. The fourth-order valence-corrected chi connectivity index (χ4v) is 2.88. The third kappa shape index (κ3) is 3.03. The van der Waals surface area contributed by atoms with Crippen molar-refractivity contribution < 1.29 is 13.9 Å². The molecule has 1 N–H and O–H groups in total. The van der Waals surface area contributed by atoms with Gasteiger partial charge in [0, 0.05) is 6.07 Å². The summed E-state index contributed by atoms with van der Waals surface area (Å²) >= 11 is 0. The van der Waals surface area contributed by atoms with Crippen LogP contribution >= 0.6 is 0 Å². The van der Waals surface area contributed by atoms with Crippen LogP contribution in [0.15, 0.2) is 44.4 Å². The van der Waals surface area contributed by atoms with Crippen molar-refractivity contribution in [2.75, 3.05) is 6.54 Å². The van der Waals surface area contributed by atoms with Gasteiger partial charge in [0.1, 0.15) is 17.8 Å². The molecule has 1 aliphatic rings. The number of piperidine rings is 1. The van der Waals surface area contributed by atoms with E-state index >= 15 is 0 Å². The van der Waals surface area contributed by atoms with Crippen LogP contribution in [0.5, 0.6) is 5.75 Å². The van der Waals surface area contributed by atoms with E-state index < -0.39 is 5.43 Å². The standard InChI is InChI=1S/C16H19NO4/c1-11-4-5-17(13(7-11)16-3-2-6-20-16)9-12-8-14(18)15(19)10-21-12/h2-3,6,8,10-11,13,19H,4-5,7,9H2,1H3/t11-,13-/m1/s1. The zero-order chi connectivity index (χ0) is 14.8. The normalized spacial score (nSPS) is 23.3. The first-order chi connectivity index (χ1) is 10.1. The summed E-state index contributed by atoms with van der Waals surface area (Å²) in [5, 5.41) is 9.25. The minimum atomic E-state index is -0.406. The van der Waals surface area contributed by atoms with Crippen LogP contribution in [-0.4, -0.2) is 16.6 Å². The van der Waals surface area contributed by atoms with Crippen molar-refractivity contribution in [1.82, 2.24) is 4.90 Å². The van der Waals surface area contributed by atoms with Crippen molar-refractivity contribution in [3.05, 3.63) is 52.5 Å². The van der Waals surface area contributed by atoms with Crippen molar-refractivity contribution in [2.45, 2.75) is 32.4 Å². The third-order valence-corrected chi connectivity index (χ3v) is 4.07. The lowest BCUT2D eigenvalue weighted by atomic mass is 9.91. The second-order valence-electron chi connectivity index (χ2n) is 5.73. The highest BCUT2D eigenvalue weighted by Gasteiger charge is 2.30. The first kappa shape index (κ1) is 13.9. The lowest BCUT2D eigenvalue weighted by molar-refractivity contribution is 0.0865. The minimum absolute atomic E-state index is 0.197. The summed E-state index contributed by atoms with van der Waals surface area (Å²) in [5.41, 5.74) is -0.406. The number of likely N-dealkylation sites (tertiary alicyclic amines) is 1. The van der Waals surface area contributed by atoms with Crippen LogP contribution in [0.2, 0.25) is 0 Å². The lowest BCUT2D eigenvalue weighted by Crippen LogP contribution is -2.35. The van der Waals surface area contributed by atoms with Gasteiger partial charge in [-0.1, -0.05) is 6.92 Å². The number of nitrogens with zero attached hydrogens (tertiary/aromatic N) is 1. The topological polar surface area (TPSA) is 66.8 Å². The van der Waals surface area contributed by atoms with Crippen molar-refractivity contribution in [2.24, 2.45) is 5.92 Å². The Morgan fingerprint density at radius 1 is 1.43 bits per heavy atom. The molecule has 0 amide bonds. The summed E-state index contributed by atoms with van der Waals surface area (Å²) in [5.74, 6) is 1.79. The zero-order valence-corrected chi connectivity index (χ0v) is 12.0. The van der Waals surface area contributed by atoms with Gasteiger partial charge < -0.3 is 13.9 Å². The fraction of sp³-hybridized carbons (Fsp3) is 0.438. The molecule has 3 rings (SSSR count). The van der Waals surface area contributed by atoms with Crippen LogP contribution < -0.4 is 5.43 Å². The van der Waals surface area contributed by atoms with Crippen LogP contribution in [0.1, 0.15) is 37.3 Å². The Morgan fingerprint density at radius 2 is 2.29 bits per heavy atom. The first-order valence-corrected chi connectivity index (χ1v) is 7.21. The molecule has 0 unspecified atom stereocenters. The van der Waals surface area contributed by atoms with Gasteiger partial charge in [-0.3, -0.25) is 9.69 Å². The van der Waals surface area contributed by atoms with Crippen LogP contribution in [-0.2, 0) is 6.54 Å². The van der Waals surface area contributed by atoms with Crippen LogP contribution in [0.4, 0.5) is 0 Å². The Labute approximate surface area is 122 Å². The van der Waals surface area contributed by atoms with Crippen LogP contribution in [0.25, 0.3) is 0 Å². The van der Waals surface area contributed by atoms with Gasteiger partial charge in [0.25, 0.3) is 0 Å². The van der Waals surface area contributed by atoms with Crippen LogP contribution in [0, 0.1) is 5.92 Å². The molecule has 5 nitrogen and oxygen atoms in total. The number of rotatable bonds is 3. The Kier molecular flexibility index (Phi) is 3.84. The highest BCUT2D eigenvalue weighted by atomic mass is 16.4. The molecular weight excluding hydrogens is 270 g/mol. The molecule has 0 spiro atoms. The molecule has 21 heavy (non-hydrogen) atoms. The van der Waals surface area contributed by atoms with E-state index in [4.69, 9.17) is 8.83 Å². The predicted molar refractivity (Wildman–Crippen MR) is 76.9 cm³/mol. The predicted octanol–water partition coefficient (Wildman–Crippen LogP) is 2.91. The summed E-state index contributed by atoms with van der Waals surface area (Å²) in [6, 6.07) is 5.44. The molecule has 2 aromatic heterocycles. The van der Waals surface area contributed by atoms with Gasteiger partial charge in [-0.25, -0.2) is 0 Å². The van der Waals surface area contributed by atoms with Gasteiger partial charge in [-0.05, 0) is 37.4 Å². The Bertz CT molecular complexity index is 647. The number of hydrogen-bond donors (Lipinski definition) is 1. The maximum Gasteiger partial charge on any atom is 0.226 e. The van der Waals surface area contributed by atoms with Crippen molar-refractivity contribution >= 4 is 0 Å². The Morgan fingerprint density at radius 3 is 3.00 bits per heavy atom. The molecule has 5 heteroatoms. The third-order valence-electron chi connectivity index (χ3n) is 4.07. The van der Waals surface area contributed by atoms with Gasteiger partial charge in [-0.2, -0.15) is 0 Å². The van der Waals surface area contributed by atoms with Gasteiger partial charge in [0.15, 0.2) is 5.75 Å². The average molecular weight is 289 g/mol. The van der Waals surface area contributed by atoms with E-state index in [0.717, 1.165) is 31.4 Å². The van der Waals surface area contributed by atoms with Gasteiger partial charge in [0.05, 0.1) is 18.8 Å². The lowest BCUT2D eigenvalue weighted by Gasteiger charge is -2.36. The molecule has 1 fully saturated rings. The largest absolute Gasteiger partial charge is 0.502 e. The summed E-state index contributed by atoms with van der Waals surface area (Å²) in [4.78, 5) is 13.8. The van der Waals surface area contributed by atoms with E-state index in [9.17, 15) is 9.90 Å². The number of hydrogen-bond acceptors (Lipinski definition) is 5. The van der Waals surface area contributed by atoms with E-state index in [1.165, 1.54) is 6.07 Å². The second-order valence-corrected chi connectivity index (χ2v) is 5.73. The average Bonchev–Trinajstić information content (AvgIpc) is 2.99.